The highest BCUT2D eigenvalue weighted by Gasteiger charge is 2.20. The average molecular weight is 472 g/mol. The number of pyridine rings is 1. The summed E-state index contributed by atoms with van der Waals surface area (Å²) in [5, 5.41) is 8.20. The van der Waals surface area contributed by atoms with Gasteiger partial charge in [0.15, 0.2) is 11.4 Å². The second kappa shape index (κ2) is 6.80. The number of amides is 1. The number of furan rings is 1. The Labute approximate surface area is 169 Å². The lowest BCUT2D eigenvalue weighted by molar-refractivity contribution is 0.102. The van der Waals surface area contributed by atoms with Gasteiger partial charge in [0.1, 0.15) is 5.69 Å². The van der Waals surface area contributed by atoms with Crippen molar-refractivity contribution < 1.29 is 9.21 Å². The van der Waals surface area contributed by atoms with E-state index >= 15 is 0 Å². The third kappa shape index (κ3) is 3.23. The van der Waals surface area contributed by atoms with Gasteiger partial charge in [-0.25, -0.2) is 4.98 Å². The second-order valence-electron chi connectivity index (χ2n) is 6.35. The summed E-state index contributed by atoms with van der Waals surface area (Å²) in [6.07, 6.45) is 1.59. The first-order chi connectivity index (χ1) is 12.9. The number of nitrogens with one attached hydrogen (secondary N) is 1. The van der Waals surface area contributed by atoms with Crippen LogP contribution in [0.25, 0.3) is 22.5 Å². The van der Waals surface area contributed by atoms with E-state index in [1.54, 1.807) is 23.1 Å². The summed E-state index contributed by atoms with van der Waals surface area (Å²) in [5.74, 6) is 0.408. The number of halogens is 1. The first-order valence-corrected chi connectivity index (χ1v) is 9.47. The molecule has 0 unspecified atom stereocenters. The number of hydrogen-bond acceptors (Lipinski definition) is 4. The molecule has 0 aliphatic rings. The van der Waals surface area contributed by atoms with Gasteiger partial charge >= 0.3 is 0 Å². The maximum Gasteiger partial charge on any atom is 0.256 e. The Morgan fingerprint density at radius 3 is 2.74 bits per heavy atom. The summed E-state index contributed by atoms with van der Waals surface area (Å²) >= 11 is 2.25. The van der Waals surface area contributed by atoms with Gasteiger partial charge in [-0.05, 0) is 78.4 Å². The van der Waals surface area contributed by atoms with Gasteiger partial charge in [0.05, 0.1) is 22.9 Å². The molecule has 6 nitrogen and oxygen atoms in total. The monoisotopic (exact) mass is 472 g/mol. The highest BCUT2D eigenvalue weighted by atomic mass is 127. The van der Waals surface area contributed by atoms with Crippen molar-refractivity contribution in [2.24, 2.45) is 7.05 Å². The van der Waals surface area contributed by atoms with Gasteiger partial charge in [0, 0.05) is 16.3 Å². The van der Waals surface area contributed by atoms with Crippen LogP contribution in [0.1, 0.15) is 21.6 Å². The van der Waals surface area contributed by atoms with E-state index in [-0.39, 0.29) is 5.91 Å². The molecule has 3 aromatic heterocycles. The molecule has 4 rings (SSSR count). The van der Waals surface area contributed by atoms with E-state index in [4.69, 9.17) is 4.42 Å². The fraction of sp³-hybridized carbons (Fsp3) is 0.150. The molecule has 1 amide bonds. The number of rotatable bonds is 3. The van der Waals surface area contributed by atoms with Crippen LogP contribution < -0.4 is 5.32 Å². The number of anilines is 1. The molecule has 0 saturated carbocycles. The molecule has 0 aliphatic heterocycles. The van der Waals surface area contributed by atoms with Crippen LogP contribution in [0.4, 0.5) is 5.69 Å². The zero-order valence-corrected chi connectivity index (χ0v) is 17.2. The maximum absolute atomic E-state index is 13.1. The van der Waals surface area contributed by atoms with E-state index in [2.05, 4.69) is 38.0 Å². The van der Waals surface area contributed by atoms with Gasteiger partial charge in [-0.3, -0.25) is 9.48 Å². The summed E-state index contributed by atoms with van der Waals surface area (Å²) < 4.78 is 8.28. The Morgan fingerprint density at radius 2 is 2.04 bits per heavy atom. The largest absolute Gasteiger partial charge is 0.463 e. The minimum absolute atomic E-state index is 0.199. The van der Waals surface area contributed by atoms with Crippen LogP contribution in [0.3, 0.4) is 0 Å². The maximum atomic E-state index is 13.1. The predicted octanol–water partition coefficient (Wildman–Crippen LogP) is 4.70. The first kappa shape index (κ1) is 17.7. The van der Waals surface area contributed by atoms with Crippen LogP contribution in [0.2, 0.25) is 0 Å². The summed E-state index contributed by atoms with van der Waals surface area (Å²) in [4.78, 5) is 17.8. The van der Waals surface area contributed by atoms with Crippen molar-refractivity contribution in [1.29, 1.82) is 0 Å². The summed E-state index contributed by atoms with van der Waals surface area (Å²) in [7, 11) is 1.82. The third-order valence-electron chi connectivity index (χ3n) is 4.42. The van der Waals surface area contributed by atoms with E-state index in [0.29, 0.717) is 22.7 Å². The Morgan fingerprint density at radius 1 is 1.22 bits per heavy atom. The topological polar surface area (TPSA) is 73.0 Å². The fourth-order valence-corrected chi connectivity index (χ4v) is 3.78. The molecular weight excluding hydrogens is 455 g/mol. The van der Waals surface area contributed by atoms with Crippen molar-refractivity contribution in [2.45, 2.75) is 13.8 Å². The summed E-state index contributed by atoms with van der Waals surface area (Å²) in [6.45, 7) is 3.85. The molecule has 1 aromatic carbocycles. The minimum atomic E-state index is -0.199. The number of aromatic nitrogens is 3. The summed E-state index contributed by atoms with van der Waals surface area (Å²) in [6, 6.07) is 11.3. The minimum Gasteiger partial charge on any atom is -0.463 e. The van der Waals surface area contributed by atoms with Crippen LogP contribution >= 0.6 is 22.6 Å². The van der Waals surface area contributed by atoms with Gasteiger partial charge in [-0.15, -0.1) is 0 Å². The highest BCUT2D eigenvalue weighted by Crippen LogP contribution is 2.28. The number of fused-ring (bicyclic) bond motifs is 1. The fourth-order valence-electron chi connectivity index (χ4n) is 3.13. The van der Waals surface area contributed by atoms with E-state index in [1.165, 1.54) is 0 Å². The molecule has 0 atom stereocenters. The molecular formula is C20H17IN4O2. The van der Waals surface area contributed by atoms with Gasteiger partial charge in [0.2, 0.25) is 0 Å². The molecule has 27 heavy (non-hydrogen) atoms. The van der Waals surface area contributed by atoms with Crippen molar-refractivity contribution in [2.75, 3.05) is 5.32 Å². The van der Waals surface area contributed by atoms with E-state index in [0.717, 1.165) is 25.9 Å². The molecule has 0 spiro atoms. The van der Waals surface area contributed by atoms with Crippen molar-refractivity contribution in [1.82, 2.24) is 14.8 Å². The van der Waals surface area contributed by atoms with Gasteiger partial charge in [0.25, 0.3) is 5.91 Å². The first-order valence-electron chi connectivity index (χ1n) is 8.40. The number of aryl methyl sites for hydroxylation is 3. The SMILES string of the molecule is Cc1cc(I)ccc1NC(=O)c1cc(-c2ccco2)nc2c1c(C)nn2C. The van der Waals surface area contributed by atoms with Crippen molar-refractivity contribution in [3.63, 3.8) is 0 Å². The molecule has 0 bridgehead atoms. The number of nitrogens with zero attached hydrogens (tertiary/aromatic N) is 3. The zero-order valence-electron chi connectivity index (χ0n) is 15.1. The molecule has 0 radical (unpaired) electrons. The van der Waals surface area contributed by atoms with Crippen LogP contribution in [0, 0.1) is 17.4 Å². The standard InChI is InChI=1S/C20H17IN4O2/c1-11-9-13(21)6-7-15(11)23-20(26)14-10-16(17-5-4-8-27-17)22-19-18(14)12(2)24-25(19)3/h4-10H,1-3H3,(H,23,26). The number of hydrogen-bond donors (Lipinski definition) is 1. The van der Waals surface area contributed by atoms with Gasteiger partial charge in [-0.2, -0.15) is 5.10 Å². The van der Waals surface area contributed by atoms with Crippen LogP contribution in [0.15, 0.2) is 47.1 Å². The van der Waals surface area contributed by atoms with Gasteiger partial charge < -0.3 is 9.73 Å². The number of carbonyl (C=O) groups excluding carboxylic acids is 1. The van der Waals surface area contributed by atoms with E-state index in [1.807, 2.05) is 45.2 Å². The van der Waals surface area contributed by atoms with E-state index in [9.17, 15) is 4.79 Å². The highest BCUT2D eigenvalue weighted by molar-refractivity contribution is 14.1. The van der Waals surface area contributed by atoms with Crippen LogP contribution in [-0.2, 0) is 7.05 Å². The molecule has 1 N–H and O–H groups in total. The van der Waals surface area contributed by atoms with Crippen molar-refractivity contribution in [3.05, 3.63) is 63.1 Å². The molecule has 7 heteroatoms. The lowest BCUT2D eigenvalue weighted by Crippen LogP contribution is -2.14. The molecule has 0 fully saturated rings. The summed E-state index contributed by atoms with van der Waals surface area (Å²) in [5.41, 5.74) is 4.32. The Hall–Kier alpha value is -2.68. The Balaban J connectivity index is 1.85. The van der Waals surface area contributed by atoms with Crippen molar-refractivity contribution >= 4 is 45.2 Å². The molecule has 0 saturated heterocycles. The lowest BCUT2D eigenvalue weighted by atomic mass is 10.1. The lowest BCUT2D eigenvalue weighted by Gasteiger charge is -2.11. The number of benzene rings is 1. The Bertz CT molecular complexity index is 1160. The average Bonchev–Trinajstić information content (AvgIpc) is 3.26. The molecule has 0 aliphatic carbocycles. The number of carbonyl (C=O) groups is 1. The van der Waals surface area contributed by atoms with E-state index < -0.39 is 0 Å². The molecule has 4 aromatic rings. The second-order valence-corrected chi connectivity index (χ2v) is 7.60. The van der Waals surface area contributed by atoms with Crippen LogP contribution in [-0.4, -0.2) is 20.7 Å². The zero-order chi connectivity index (χ0) is 19.1. The normalized spacial score (nSPS) is 11.1. The molecule has 136 valence electrons. The molecule has 3 heterocycles. The van der Waals surface area contributed by atoms with Crippen LogP contribution in [0.5, 0.6) is 0 Å². The smallest absolute Gasteiger partial charge is 0.256 e. The quantitative estimate of drug-likeness (QED) is 0.439. The third-order valence-corrected chi connectivity index (χ3v) is 5.09. The van der Waals surface area contributed by atoms with Crippen molar-refractivity contribution in [3.8, 4) is 11.5 Å². The van der Waals surface area contributed by atoms with Gasteiger partial charge in [-0.1, -0.05) is 0 Å². The predicted molar refractivity (Wildman–Crippen MR) is 113 cm³/mol. The Kier molecular flexibility index (Phi) is 4.47.